The summed E-state index contributed by atoms with van der Waals surface area (Å²) >= 11 is 0. The summed E-state index contributed by atoms with van der Waals surface area (Å²) in [4.78, 5) is 19.7. The summed E-state index contributed by atoms with van der Waals surface area (Å²) in [6, 6.07) is 8.65. The second-order valence-electron chi connectivity index (χ2n) is 23.9. The van der Waals surface area contributed by atoms with Crippen molar-refractivity contribution in [2.45, 2.75) is 129 Å². The van der Waals surface area contributed by atoms with Gasteiger partial charge in [-0.1, -0.05) is 146 Å². The zero-order valence-corrected chi connectivity index (χ0v) is 49.9. The average molecular weight is 1040 g/mol. The Morgan fingerprint density at radius 1 is 0.640 bits per heavy atom. The van der Waals surface area contributed by atoms with Crippen LogP contribution in [0.1, 0.15) is 135 Å². The van der Waals surface area contributed by atoms with Crippen LogP contribution in [0.3, 0.4) is 0 Å². The zero-order valence-electron chi connectivity index (χ0n) is 49.9. The zero-order chi connectivity index (χ0) is 56.0. The van der Waals surface area contributed by atoms with Crippen molar-refractivity contribution in [3.05, 3.63) is 101 Å². The van der Waals surface area contributed by atoms with Crippen molar-refractivity contribution in [1.82, 2.24) is 15.0 Å². The van der Waals surface area contributed by atoms with Gasteiger partial charge in [0.2, 0.25) is 17.8 Å². The van der Waals surface area contributed by atoms with Gasteiger partial charge in [-0.3, -0.25) is 14.7 Å². The number of ether oxygens (including phenoxy) is 8. The molecule has 0 bridgehead atoms. The number of hydrogen-bond acceptors (Lipinski definition) is 14. The molecule has 1 aliphatic carbocycles. The van der Waals surface area contributed by atoms with Crippen molar-refractivity contribution in [1.29, 1.82) is 0 Å². The van der Waals surface area contributed by atoms with Crippen LogP contribution in [0.4, 0.5) is 17.8 Å². The molecule has 14 heteroatoms. The van der Waals surface area contributed by atoms with Gasteiger partial charge in [-0.05, 0) is 112 Å². The third kappa shape index (κ3) is 20.0. The van der Waals surface area contributed by atoms with Crippen LogP contribution >= 0.6 is 0 Å². The number of aromatic nitrogens is 3. The summed E-state index contributed by atoms with van der Waals surface area (Å²) in [6.07, 6.45) is 15.8. The van der Waals surface area contributed by atoms with E-state index in [1.807, 2.05) is 18.2 Å². The summed E-state index contributed by atoms with van der Waals surface area (Å²) < 4.78 is 46.6. The largest absolute Gasteiger partial charge is 0.491 e. The molecule has 1 aromatic carbocycles. The topological polar surface area (TPSA) is 122 Å². The Labute approximate surface area is 453 Å². The van der Waals surface area contributed by atoms with Gasteiger partial charge >= 0.3 is 0 Å². The number of hydrogen-bond donors (Lipinski definition) is 0. The van der Waals surface area contributed by atoms with Gasteiger partial charge in [0.15, 0.2) is 5.76 Å². The molecule has 0 aliphatic heterocycles. The summed E-state index contributed by atoms with van der Waals surface area (Å²) in [6.45, 7) is 41.1. The van der Waals surface area contributed by atoms with Gasteiger partial charge in [0.05, 0.1) is 13.2 Å². The normalized spacial score (nSPS) is 15.5. The molecule has 0 N–H and O–H groups in total. The van der Waals surface area contributed by atoms with Crippen molar-refractivity contribution < 1.29 is 37.9 Å². The lowest BCUT2D eigenvalue weighted by Gasteiger charge is -2.53. The van der Waals surface area contributed by atoms with E-state index in [0.29, 0.717) is 61.2 Å². The molecule has 2 aromatic rings. The SMILES string of the molecule is C=C/C=C(\C=C/C)C(CC(C)(C)C)C(C)(CC)C(C)(C)CC(c1ccc(OCCOCN(COC)c2nc(N(COC)COC)nc(N(COC)COCCOC3=C=C=C(C(C)C(C)(C)C)C=C3)n2)cc1)C(C)(C)C. The molecule has 420 valence electrons. The Hall–Kier alpha value is -4.75. The minimum absolute atomic E-state index is 0.0101. The molecule has 0 saturated carbocycles. The Morgan fingerprint density at radius 2 is 1.13 bits per heavy atom. The maximum absolute atomic E-state index is 6.26. The fourth-order valence-electron chi connectivity index (χ4n) is 9.41. The van der Waals surface area contributed by atoms with Crippen LogP contribution in [-0.2, 0) is 33.2 Å². The van der Waals surface area contributed by atoms with Crippen LogP contribution in [-0.4, -0.2) is 110 Å². The van der Waals surface area contributed by atoms with Gasteiger partial charge in [-0.15, -0.1) is 0 Å². The lowest BCUT2D eigenvalue weighted by molar-refractivity contribution is -0.00530. The number of rotatable bonds is 34. The summed E-state index contributed by atoms with van der Waals surface area (Å²) in [5.41, 5.74) is 10.5. The Morgan fingerprint density at radius 3 is 1.53 bits per heavy atom. The highest BCUT2D eigenvalue weighted by molar-refractivity contribution is 5.46. The molecule has 1 aliphatic rings. The molecule has 4 atom stereocenters. The molecule has 0 radical (unpaired) electrons. The molecule has 1 aromatic heterocycles. The number of allylic oxidation sites excluding steroid dienone is 8. The minimum atomic E-state index is -0.0103. The number of benzene rings is 1. The van der Waals surface area contributed by atoms with Crippen LogP contribution in [0.15, 0.2) is 95.7 Å². The molecule has 75 heavy (non-hydrogen) atoms. The predicted octanol–water partition coefficient (Wildman–Crippen LogP) is 13.3. The Balaban J connectivity index is 1.77. The molecule has 0 saturated heterocycles. The molecule has 0 amide bonds. The smallest absolute Gasteiger partial charge is 0.235 e. The minimum Gasteiger partial charge on any atom is -0.491 e. The maximum Gasteiger partial charge on any atom is 0.235 e. The highest BCUT2D eigenvalue weighted by Crippen LogP contribution is 2.58. The van der Waals surface area contributed by atoms with Crippen molar-refractivity contribution in [2.24, 2.45) is 38.9 Å². The first-order valence-electron chi connectivity index (χ1n) is 26.7. The van der Waals surface area contributed by atoms with Gasteiger partial charge in [0.1, 0.15) is 59.3 Å². The average Bonchev–Trinajstić information content (AvgIpc) is 3.35. The lowest BCUT2D eigenvalue weighted by Crippen LogP contribution is -2.45. The standard InChI is InChI=1S/C61H98N6O8/c1-21-24-48(25-22-2)53(38-57(5,6)7)61(16,23-3)60(14,15)39-52(59(11,12)13)49-28-32-51(33-29-49)75-37-35-73-45-67(43-71-20)56-63-54(65(40-68-17)41-69-18)62-55(64-56)66(42-70-19)44-72-34-36-74-50-30-26-47(27-31-50)46(4)58(8,9)10/h21-22,24-26,28-30,32-33,46,52-53H,1,23,34-45H2,2-20H3/b25-22-,48-24+. The van der Waals surface area contributed by atoms with Gasteiger partial charge in [0.25, 0.3) is 0 Å². The molecule has 3 rings (SSSR count). The van der Waals surface area contributed by atoms with Crippen LogP contribution in [0.5, 0.6) is 5.75 Å². The highest BCUT2D eigenvalue weighted by atomic mass is 16.5. The maximum atomic E-state index is 6.26. The molecule has 0 fully saturated rings. The number of anilines is 3. The summed E-state index contributed by atoms with van der Waals surface area (Å²) in [7, 11) is 6.39. The lowest BCUT2D eigenvalue weighted by atomic mass is 9.51. The molecule has 0 spiro atoms. The molecular formula is C61H98N6O8. The summed E-state index contributed by atoms with van der Waals surface area (Å²) in [5.74, 6) is 3.30. The molecule has 1 heterocycles. The van der Waals surface area contributed by atoms with Gasteiger partial charge in [-0.25, -0.2) is 0 Å². The molecule has 4 unspecified atom stereocenters. The quantitative estimate of drug-likeness (QED) is 0.0286. The first-order valence-corrected chi connectivity index (χ1v) is 26.7. The van der Waals surface area contributed by atoms with Crippen LogP contribution in [0.2, 0.25) is 0 Å². The Bertz CT molecular complexity index is 2240. The van der Waals surface area contributed by atoms with E-state index in [4.69, 9.17) is 52.8 Å². The van der Waals surface area contributed by atoms with E-state index >= 15 is 0 Å². The van der Waals surface area contributed by atoms with E-state index < -0.39 is 0 Å². The number of nitrogens with zero attached hydrogens (tertiary/aromatic N) is 6. The second-order valence-corrected chi connectivity index (χ2v) is 23.9. The first-order chi connectivity index (χ1) is 35.3. The van der Waals surface area contributed by atoms with E-state index in [1.54, 1.807) is 43.1 Å². The number of methoxy groups -OCH3 is 4. The van der Waals surface area contributed by atoms with Crippen LogP contribution < -0.4 is 19.4 Å². The van der Waals surface area contributed by atoms with Gasteiger partial charge in [0, 0.05) is 34.0 Å². The fourth-order valence-corrected chi connectivity index (χ4v) is 9.41. The summed E-state index contributed by atoms with van der Waals surface area (Å²) in [5, 5.41) is 0. The van der Waals surface area contributed by atoms with E-state index in [0.717, 1.165) is 30.6 Å². The highest BCUT2D eigenvalue weighted by Gasteiger charge is 2.49. The van der Waals surface area contributed by atoms with Crippen LogP contribution in [0.25, 0.3) is 0 Å². The monoisotopic (exact) mass is 1040 g/mol. The van der Waals surface area contributed by atoms with E-state index in [9.17, 15) is 0 Å². The van der Waals surface area contributed by atoms with Gasteiger partial charge < -0.3 is 37.9 Å². The third-order valence-corrected chi connectivity index (χ3v) is 14.6. The fraction of sp³-hybridized carbons (Fsp3) is 0.656. The van der Waals surface area contributed by atoms with Crippen molar-refractivity contribution in [3.63, 3.8) is 0 Å². The Kier molecular flexibility index (Phi) is 26.0. The second kappa shape index (κ2) is 30.3. The molecule has 14 nitrogen and oxygen atoms in total. The van der Waals surface area contributed by atoms with Gasteiger partial charge in [-0.2, -0.15) is 15.0 Å². The van der Waals surface area contributed by atoms with Crippen molar-refractivity contribution in [2.75, 3.05) is 110 Å². The van der Waals surface area contributed by atoms with Crippen molar-refractivity contribution >= 4 is 17.8 Å². The predicted molar refractivity (Wildman–Crippen MR) is 306 cm³/mol. The first kappa shape index (κ1) is 64.5. The third-order valence-electron chi connectivity index (χ3n) is 14.6. The molecular weight excluding hydrogens is 945 g/mol. The van der Waals surface area contributed by atoms with E-state index in [2.05, 4.69) is 164 Å². The van der Waals surface area contributed by atoms with Crippen molar-refractivity contribution in [3.8, 4) is 5.75 Å². The van der Waals surface area contributed by atoms with Crippen LogP contribution in [0, 0.1) is 38.9 Å². The van der Waals surface area contributed by atoms with E-state index in [1.165, 1.54) is 11.1 Å². The van der Waals surface area contributed by atoms with E-state index in [-0.39, 0.29) is 74.1 Å².